The molecule has 1 amide bonds. The first kappa shape index (κ1) is 20.1. The van der Waals surface area contributed by atoms with E-state index >= 15 is 0 Å². The Labute approximate surface area is 159 Å². The van der Waals surface area contributed by atoms with Crippen molar-refractivity contribution >= 4 is 23.5 Å². The Morgan fingerprint density at radius 3 is 2.33 bits per heavy atom. The second-order valence-electron chi connectivity index (χ2n) is 6.03. The van der Waals surface area contributed by atoms with Gasteiger partial charge in [-0.05, 0) is 36.8 Å². The summed E-state index contributed by atoms with van der Waals surface area (Å²) in [6, 6.07) is 12.9. The van der Waals surface area contributed by atoms with Gasteiger partial charge in [0.15, 0.2) is 11.5 Å². The lowest BCUT2D eigenvalue weighted by atomic mass is 10.2. The number of carbonyl (C=O) groups excluding carboxylic acids is 1. The quantitative estimate of drug-likeness (QED) is 0.570. The van der Waals surface area contributed by atoms with Gasteiger partial charge in [0.1, 0.15) is 0 Å². The highest BCUT2D eigenvalue weighted by atomic mass is 16.6. The second-order valence-corrected chi connectivity index (χ2v) is 6.03. The normalized spacial score (nSPS) is 11.7. The van der Waals surface area contributed by atoms with Crippen molar-refractivity contribution in [2.24, 2.45) is 5.16 Å². The minimum Gasteiger partial charge on any atom is -0.493 e. The zero-order valence-electron chi connectivity index (χ0n) is 16.2. The maximum absolute atomic E-state index is 12.2. The molecule has 0 aliphatic carbocycles. The van der Waals surface area contributed by atoms with Gasteiger partial charge < -0.3 is 24.5 Å². The summed E-state index contributed by atoms with van der Waals surface area (Å²) in [5, 5.41) is 6.65. The molecular formula is C20H25N3O4. The number of amides is 1. The molecule has 0 aliphatic rings. The molecule has 2 rings (SSSR count). The van der Waals surface area contributed by atoms with E-state index in [9.17, 15) is 4.79 Å². The maximum Gasteiger partial charge on any atom is 0.267 e. The Morgan fingerprint density at radius 1 is 1.07 bits per heavy atom. The van der Waals surface area contributed by atoms with Crippen LogP contribution in [0.2, 0.25) is 0 Å². The fraction of sp³-hybridized carbons (Fsp3) is 0.300. The first-order valence-corrected chi connectivity index (χ1v) is 8.44. The van der Waals surface area contributed by atoms with E-state index in [4.69, 9.17) is 14.3 Å². The van der Waals surface area contributed by atoms with Crippen molar-refractivity contribution < 1.29 is 19.1 Å². The van der Waals surface area contributed by atoms with Crippen LogP contribution in [-0.2, 0) is 9.63 Å². The third-order valence-corrected chi connectivity index (χ3v) is 3.85. The average molecular weight is 371 g/mol. The number of ether oxygens (including phenoxy) is 2. The highest BCUT2D eigenvalue weighted by Gasteiger charge is 2.15. The molecule has 1 unspecified atom stereocenters. The molecule has 0 aromatic heterocycles. The summed E-state index contributed by atoms with van der Waals surface area (Å²) in [5.74, 6) is 0.801. The van der Waals surface area contributed by atoms with E-state index in [1.54, 1.807) is 38.4 Å². The number of hydrogen-bond donors (Lipinski definition) is 1. The minimum atomic E-state index is -0.754. The number of nitrogens with zero attached hydrogens (tertiary/aromatic N) is 2. The molecular weight excluding hydrogens is 346 g/mol. The molecule has 0 aliphatic heterocycles. The Morgan fingerprint density at radius 2 is 1.74 bits per heavy atom. The SMILES string of the molecule is COc1ccc(NC(=O)C(C)O/N=C/c2ccc(N(C)C)cc2)cc1OC. The van der Waals surface area contributed by atoms with Crippen molar-refractivity contribution in [3.8, 4) is 11.5 Å². The van der Waals surface area contributed by atoms with Gasteiger partial charge in [-0.3, -0.25) is 4.79 Å². The Balaban J connectivity index is 1.91. The lowest BCUT2D eigenvalue weighted by molar-refractivity contribution is -0.126. The fourth-order valence-electron chi connectivity index (χ4n) is 2.25. The van der Waals surface area contributed by atoms with Gasteiger partial charge in [0.2, 0.25) is 6.10 Å². The molecule has 7 nitrogen and oxygen atoms in total. The van der Waals surface area contributed by atoms with Crippen LogP contribution in [0.15, 0.2) is 47.6 Å². The molecule has 0 fully saturated rings. The summed E-state index contributed by atoms with van der Waals surface area (Å²) >= 11 is 0. The zero-order valence-corrected chi connectivity index (χ0v) is 16.2. The predicted octanol–water partition coefficient (Wildman–Crippen LogP) is 3.15. The van der Waals surface area contributed by atoms with Gasteiger partial charge in [-0.2, -0.15) is 0 Å². The molecule has 2 aromatic carbocycles. The van der Waals surface area contributed by atoms with Gasteiger partial charge in [-0.25, -0.2) is 0 Å². The van der Waals surface area contributed by atoms with E-state index in [-0.39, 0.29) is 5.91 Å². The van der Waals surface area contributed by atoms with Crippen LogP contribution >= 0.6 is 0 Å². The summed E-state index contributed by atoms with van der Waals surface area (Å²) in [6.45, 7) is 1.63. The number of carbonyl (C=O) groups is 1. The molecule has 7 heteroatoms. The lowest BCUT2D eigenvalue weighted by Crippen LogP contribution is -2.26. The summed E-state index contributed by atoms with van der Waals surface area (Å²) in [6.07, 6.45) is 0.815. The monoisotopic (exact) mass is 371 g/mol. The lowest BCUT2D eigenvalue weighted by Gasteiger charge is -2.13. The van der Waals surface area contributed by atoms with Gasteiger partial charge in [0, 0.05) is 31.5 Å². The van der Waals surface area contributed by atoms with Crippen molar-refractivity contribution in [1.82, 2.24) is 0 Å². The van der Waals surface area contributed by atoms with Gasteiger partial charge in [-0.1, -0.05) is 17.3 Å². The van der Waals surface area contributed by atoms with Crippen LogP contribution in [0.5, 0.6) is 11.5 Å². The van der Waals surface area contributed by atoms with E-state index in [1.165, 1.54) is 7.11 Å². The summed E-state index contributed by atoms with van der Waals surface area (Å²) in [4.78, 5) is 19.5. The number of hydrogen-bond acceptors (Lipinski definition) is 6. The Bertz CT molecular complexity index is 788. The molecule has 0 spiro atoms. The van der Waals surface area contributed by atoms with E-state index in [0.717, 1.165) is 11.3 Å². The Hall–Kier alpha value is -3.22. The molecule has 2 aromatic rings. The van der Waals surface area contributed by atoms with Crippen molar-refractivity contribution in [2.75, 3.05) is 38.5 Å². The van der Waals surface area contributed by atoms with Crippen molar-refractivity contribution in [1.29, 1.82) is 0 Å². The first-order chi connectivity index (χ1) is 12.9. The topological polar surface area (TPSA) is 72.4 Å². The van der Waals surface area contributed by atoms with E-state index < -0.39 is 6.10 Å². The molecule has 0 heterocycles. The smallest absolute Gasteiger partial charge is 0.267 e. The van der Waals surface area contributed by atoms with Crippen LogP contribution in [0, 0.1) is 0 Å². The Kier molecular flexibility index (Phi) is 7.05. The van der Waals surface area contributed by atoms with Crippen LogP contribution < -0.4 is 19.7 Å². The molecule has 0 radical (unpaired) electrons. The third-order valence-electron chi connectivity index (χ3n) is 3.85. The summed E-state index contributed by atoms with van der Waals surface area (Å²) < 4.78 is 10.4. The number of rotatable bonds is 8. The average Bonchev–Trinajstić information content (AvgIpc) is 2.68. The van der Waals surface area contributed by atoms with Gasteiger partial charge in [0.05, 0.1) is 20.4 Å². The van der Waals surface area contributed by atoms with Crippen molar-refractivity contribution in [3.05, 3.63) is 48.0 Å². The van der Waals surface area contributed by atoms with E-state index in [1.807, 2.05) is 43.3 Å². The molecule has 27 heavy (non-hydrogen) atoms. The van der Waals surface area contributed by atoms with Crippen LogP contribution in [0.3, 0.4) is 0 Å². The highest BCUT2D eigenvalue weighted by molar-refractivity contribution is 5.94. The number of oxime groups is 1. The number of anilines is 2. The minimum absolute atomic E-state index is 0.317. The standard InChI is InChI=1S/C20H25N3O4/c1-14(27-21-13-15-6-9-17(10-7-15)23(2)3)20(24)22-16-8-11-18(25-4)19(12-16)26-5/h6-14H,1-5H3,(H,22,24)/b21-13+. The first-order valence-electron chi connectivity index (χ1n) is 8.44. The van der Waals surface area contributed by atoms with E-state index in [2.05, 4.69) is 10.5 Å². The molecule has 0 bridgehead atoms. The van der Waals surface area contributed by atoms with Gasteiger partial charge in [0.25, 0.3) is 5.91 Å². The number of methoxy groups -OCH3 is 2. The number of nitrogens with one attached hydrogen (secondary N) is 1. The predicted molar refractivity (Wildman–Crippen MR) is 107 cm³/mol. The summed E-state index contributed by atoms with van der Waals surface area (Å²) in [7, 11) is 7.04. The van der Waals surface area contributed by atoms with E-state index in [0.29, 0.717) is 17.2 Å². The number of benzene rings is 2. The third kappa shape index (κ3) is 5.64. The molecule has 0 saturated heterocycles. The van der Waals surface area contributed by atoms with Crippen LogP contribution in [0.1, 0.15) is 12.5 Å². The maximum atomic E-state index is 12.2. The fourth-order valence-corrected chi connectivity index (χ4v) is 2.25. The van der Waals surface area contributed by atoms with Crippen LogP contribution in [-0.4, -0.2) is 46.5 Å². The van der Waals surface area contributed by atoms with Crippen molar-refractivity contribution in [3.63, 3.8) is 0 Å². The second kappa shape index (κ2) is 9.47. The molecule has 1 N–H and O–H groups in total. The van der Waals surface area contributed by atoms with Gasteiger partial charge in [-0.15, -0.1) is 0 Å². The zero-order chi connectivity index (χ0) is 19.8. The van der Waals surface area contributed by atoms with Crippen molar-refractivity contribution in [2.45, 2.75) is 13.0 Å². The van der Waals surface area contributed by atoms with Gasteiger partial charge >= 0.3 is 0 Å². The molecule has 144 valence electrons. The molecule has 1 atom stereocenters. The molecule has 0 saturated carbocycles. The highest BCUT2D eigenvalue weighted by Crippen LogP contribution is 2.29. The van der Waals surface area contributed by atoms with Crippen LogP contribution in [0.4, 0.5) is 11.4 Å². The largest absolute Gasteiger partial charge is 0.493 e. The van der Waals surface area contributed by atoms with Crippen LogP contribution in [0.25, 0.3) is 0 Å². The summed E-state index contributed by atoms with van der Waals surface area (Å²) in [5.41, 5.74) is 2.56.